The number of rotatable bonds is 3. The lowest BCUT2D eigenvalue weighted by Crippen LogP contribution is -2.23. The van der Waals surface area contributed by atoms with Crippen LogP contribution >= 0.6 is 11.5 Å². The van der Waals surface area contributed by atoms with Gasteiger partial charge in [0, 0.05) is 23.9 Å². The summed E-state index contributed by atoms with van der Waals surface area (Å²) in [5.74, 6) is 0. The van der Waals surface area contributed by atoms with Gasteiger partial charge in [-0.2, -0.15) is 0 Å². The van der Waals surface area contributed by atoms with Crippen molar-refractivity contribution in [2.75, 3.05) is 11.9 Å². The Kier molecular flexibility index (Phi) is 3.88. The van der Waals surface area contributed by atoms with Crippen LogP contribution in [0, 0.1) is 19.4 Å². The summed E-state index contributed by atoms with van der Waals surface area (Å²) in [5.41, 5.74) is 2.81. The summed E-state index contributed by atoms with van der Waals surface area (Å²) >= 11 is 1.30. The standard InChI is InChI=1S/C13H14N5S/c1-5-17(3)11-6-7-12(10(2)8-11)15-16-13-18(4)9-14-19-13/h1,6-9H,2-4H3/q+1. The number of aryl methyl sites for hydroxylation is 2. The number of hydrogen-bond acceptors (Lipinski definition) is 5. The molecule has 0 aliphatic heterocycles. The van der Waals surface area contributed by atoms with Crippen LogP contribution in [-0.4, -0.2) is 11.4 Å². The van der Waals surface area contributed by atoms with Crippen LogP contribution in [-0.2, 0) is 7.05 Å². The number of anilines is 1. The van der Waals surface area contributed by atoms with E-state index >= 15 is 0 Å². The van der Waals surface area contributed by atoms with Gasteiger partial charge in [-0.1, -0.05) is 11.5 Å². The molecular formula is C13H14N5S+. The largest absolute Gasteiger partial charge is 0.378 e. The maximum atomic E-state index is 5.36. The smallest absolute Gasteiger partial charge is 0.305 e. The van der Waals surface area contributed by atoms with Crippen LogP contribution in [0.15, 0.2) is 34.8 Å². The maximum absolute atomic E-state index is 5.36. The molecule has 0 N–H and O–H groups in total. The second-order valence-corrected chi connectivity index (χ2v) is 4.82. The van der Waals surface area contributed by atoms with Gasteiger partial charge in [-0.25, -0.2) is 4.57 Å². The molecule has 1 heterocycles. The summed E-state index contributed by atoms with van der Waals surface area (Å²) in [7, 11) is 3.73. The summed E-state index contributed by atoms with van der Waals surface area (Å²) in [6.45, 7) is 1.98. The molecule has 0 saturated carbocycles. The van der Waals surface area contributed by atoms with Gasteiger partial charge in [0.2, 0.25) is 6.33 Å². The van der Waals surface area contributed by atoms with Crippen molar-refractivity contribution < 1.29 is 4.57 Å². The van der Waals surface area contributed by atoms with Gasteiger partial charge in [0.1, 0.15) is 17.2 Å². The summed E-state index contributed by atoms with van der Waals surface area (Å²) in [5, 5.41) is 9.18. The van der Waals surface area contributed by atoms with E-state index < -0.39 is 0 Å². The average molecular weight is 272 g/mol. The summed E-state index contributed by atoms with van der Waals surface area (Å²) in [6, 6.07) is 8.38. The molecular weight excluding hydrogens is 258 g/mol. The molecule has 96 valence electrons. The van der Waals surface area contributed by atoms with E-state index in [1.165, 1.54) is 11.5 Å². The first-order valence-electron chi connectivity index (χ1n) is 5.64. The number of azo groups is 1. The number of nitrogens with zero attached hydrogens (tertiary/aromatic N) is 5. The van der Waals surface area contributed by atoms with Gasteiger partial charge in [-0.3, -0.25) is 0 Å². The molecule has 0 atom stereocenters. The molecule has 0 saturated heterocycles. The van der Waals surface area contributed by atoms with Gasteiger partial charge in [-0.15, -0.1) is 0 Å². The SMILES string of the molecule is C#CN(C)c1ccc(/N=N/c2snc[n+]2C)c(C)c1. The molecule has 0 aliphatic carbocycles. The molecule has 0 radical (unpaired) electrons. The van der Waals surface area contributed by atoms with Crippen LogP contribution in [0.25, 0.3) is 0 Å². The second-order valence-electron chi connectivity index (χ2n) is 4.06. The fourth-order valence-electron chi connectivity index (χ4n) is 1.48. The van der Waals surface area contributed by atoms with E-state index in [2.05, 4.69) is 20.6 Å². The van der Waals surface area contributed by atoms with Crippen LogP contribution < -0.4 is 9.47 Å². The van der Waals surface area contributed by atoms with Crippen LogP contribution in [0.3, 0.4) is 0 Å². The predicted octanol–water partition coefficient (Wildman–Crippen LogP) is 2.72. The third-order valence-corrected chi connectivity index (χ3v) is 3.39. The Balaban J connectivity index is 2.25. The Bertz CT molecular complexity index is 653. The fraction of sp³-hybridized carbons (Fsp3) is 0.231. The molecule has 2 aromatic rings. The Labute approximate surface area is 116 Å². The van der Waals surface area contributed by atoms with E-state index in [0.717, 1.165) is 22.1 Å². The molecule has 0 spiro atoms. The van der Waals surface area contributed by atoms with Gasteiger partial charge >= 0.3 is 5.13 Å². The Morgan fingerprint density at radius 1 is 1.42 bits per heavy atom. The number of aromatic nitrogens is 2. The predicted molar refractivity (Wildman–Crippen MR) is 75.9 cm³/mol. The van der Waals surface area contributed by atoms with Crippen molar-refractivity contribution in [1.29, 1.82) is 0 Å². The Morgan fingerprint density at radius 3 is 2.79 bits per heavy atom. The first-order valence-corrected chi connectivity index (χ1v) is 6.42. The van der Waals surface area contributed by atoms with Crippen molar-refractivity contribution in [1.82, 2.24) is 4.37 Å². The summed E-state index contributed by atoms with van der Waals surface area (Å²) in [6.07, 6.45) is 7.06. The van der Waals surface area contributed by atoms with Gasteiger partial charge in [0.15, 0.2) is 0 Å². The quantitative estimate of drug-likeness (QED) is 0.373. The minimum absolute atomic E-state index is 0.754. The Morgan fingerprint density at radius 2 is 2.21 bits per heavy atom. The topological polar surface area (TPSA) is 44.7 Å². The monoisotopic (exact) mass is 272 g/mol. The zero-order chi connectivity index (χ0) is 13.8. The minimum Gasteiger partial charge on any atom is -0.305 e. The highest BCUT2D eigenvalue weighted by Crippen LogP contribution is 2.25. The number of benzene rings is 1. The normalized spacial score (nSPS) is 10.6. The highest BCUT2D eigenvalue weighted by Gasteiger charge is 2.08. The summed E-state index contributed by atoms with van der Waals surface area (Å²) in [4.78, 5) is 1.72. The molecule has 0 fully saturated rings. The lowest BCUT2D eigenvalue weighted by atomic mass is 10.2. The average Bonchev–Trinajstić information content (AvgIpc) is 2.82. The highest BCUT2D eigenvalue weighted by atomic mass is 32.1. The van der Waals surface area contributed by atoms with E-state index in [4.69, 9.17) is 6.42 Å². The molecule has 2 rings (SSSR count). The van der Waals surface area contributed by atoms with Gasteiger partial charge < -0.3 is 4.90 Å². The zero-order valence-electron chi connectivity index (χ0n) is 11.0. The third kappa shape index (κ3) is 2.95. The molecule has 6 heteroatoms. The van der Waals surface area contributed by atoms with Gasteiger partial charge in [-0.05, 0) is 35.1 Å². The van der Waals surface area contributed by atoms with Crippen molar-refractivity contribution in [3.63, 3.8) is 0 Å². The molecule has 5 nitrogen and oxygen atoms in total. The van der Waals surface area contributed by atoms with E-state index in [0.29, 0.717) is 0 Å². The Hall–Kier alpha value is -2.26. The van der Waals surface area contributed by atoms with E-state index in [9.17, 15) is 0 Å². The van der Waals surface area contributed by atoms with E-state index in [1.54, 1.807) is 11.2 Å². The zero-order valence-corrected chi connectivity index (χ0v) is 11.8. The molecule has 0 bridgehead atoms. The maximum Gasteiger partial charge on any atom is 0.378 e. The molecule has 0 aliphatic rings. The highest BCUT2D eigenvalue weighted by molar-refractivity contribution is 7.08. The molecule has 1 aromatic heterocycles. The second kappa shape index (κ2) is 5.59. The molecule has 0 unspecified atom stereocenters. The number of terminal acetylenes is 1. The van der Waals surface area contributed by atoms with Crippen molar-refractivity contribution in [3.05, 3.63) is 30.1 Å². The van der Waals surface area contributed by atoms with Crippen molar-refractivity contribution in [2.45, 2.75) is 6.92 Å². The molecule has 19 heavy (non-hydrogen) atoms. The van der Waals surface area contributed by atoms with Crippen molar-refractivity contribution in [3.8, 4) is 12.5 Å². The van der Waals surface area contributed by atoms with Crippen LogP contribution in [0.5, 0.6) is 0 Å². The minimum atomic E-state index is 0.754. The fourth-order valence-corrected chi connectivity index (χ4v) is 2.01. The van der Waals surface area contributed by atoms with Crippen LogP contribution in [0.1, 0.15) is 5.56 Å². The molecule has 1 aromatic carbocycles. The lowest BCUT2D eigenvalue weighted by Gasteiger charge is -2.11. The van der Waals surface area contributed by atoms with E-state index in [1.807, 2.05) is 43.8 Å². The van der Waals surface area contributed by atoms with Crippen molar-refractivity contribution in [2.24, 2.45) is 17.3 Å². The molecule has 0 amide bonds. The van der Waals surface area contributed by atoms with E-state index in [-0.39, 0.29) is 0 Å². The van der Waals surface area contributed by atoms with Gasteiger partial charge in [0.05, 0.1) is 7.05 Å². The van der Waals surface area contributed by atoms with Gasteiger partial charge in [0.25, 0.3) is 0 Å². The van der Waals surface area contributed by atoms with Crippen LogP contribution in [0.2, 0.25) is 0 Å². The first kappa shape index (κ1) is 13.2. The lowest BCUT2D eigenvalue weighted by molar-refractivity contribution is -0.656. The van der Waals surface area contributed by atoms with Crippen molar-refractivity contribution >= 4 is 28.0 Å². The third-order valence-electron chi connectivity index (χ3n) is 2.66. The number of hydrogen-bond donors (Lipinski definition) is 0. The first-order chi connectivity index (χ1) is 9.11. The summed E-state index contributed by atoms with van der Waals surface area (Å²) < 4.78 is 5.85. The van der Waals surface area contributed by atoms with Crippen LogP contribution in [0.4, 0.5) is 16.5 Å².